The number of aryl methyl sites for hydroxylation is 4. The van der Waals surface area contributed by atoms with Crippen LogP contribution in [0.25, 0.3) is 0 Å². The summed E-state index contributed by atoms with van der Waals surface area (Å²) in [5.74, 6) is 0.393. The molecular weight excluding hydrogens is 1120 g/mol. The van der Waals surface area contributed by atoms with Crippen LogP contribution in [0.4, 0.5) is 11.4 Å². The van der Waals surface area contributed by atoms with Gasteiger partial charge in [0.1, 0.15) is 0 Å². The molecule has 0 saturated carbocycles. The molecule has 18 heteroatoms. The van der Waals surface area contributed by atoms with Crippen LogP contribution >= 0.6 is 23.2 Å². The molecule has 86 heavy (non-hydrogen) atoms. The van der Waals surface area contributed by atoms with Crippen molar-refractivity contribution in [2.24, 2.45) is 44.3 Å². The summed E-state index contributed by atoms with van der Waals surface area (Å²) in [6.07, 6.45) is 6.36. The predicted octanol–water partition coefficient (Wildman–Crippen LogP) is 8.89. The third kappa shape index (κ3) is 13.7. The number of nitrogens with one attached hydrogen (secondary N) is 3. The van der Waals surface area contributed by atoms with Gasteiger partial charge in [0.2, 0.25) is 23.6 Å². The van der Waals surface area contributed by atoms with Crippen molar-refractivity contribution in [1.29, 1.82) is 0 Å². The van der Waals surface area contributed by atoms with E-state index in [0.717, 1.165) is 130 Å². The number of pyridine rings is 1. The van der Waals surface area contributed by atoms with Crippen LogP contribution in [0, 0.1) is 72.0 Å². The van der Waals surface area contributed by atoms with E-state index in [1.165, 1.54) is 26.2 Å². The topological polar surface area (TPSA) is 157 Å². The third-order valence-electron chi connectivity index (χ3n) is 22.4. The van der Waals surface area contributed by atoms with E-state index < -0.39 is 0 Å². The summed E-state index contributed by atoms with van der Waals surface area (Å²) in [6.45, 7) is 43.5. The zero-order chi connectivity index (χ0) is 62.1. The number of carbonyl (C=O) groups is 5. The van der Waals surface area contributed by atoms with Gasteiger partial charge in [-0.25, -0.2) is 0 Å². The first kappa shape index (κ1) is 65.8. The summed E-state index contributed by atoms with van der Waals surface area (Å²) in [4.78, 5) is 83.6. The highest BCUT2D eigenvalue weighted by molar-refractivity contribution is 6.32. The van der Waals surface area contributed by atoms with Gasteiger partial charge in [0.05, 0.1) is 11.3 Å². The van der Waals surface area contributed by atoms with Crippen LogP contribution in [0.2, 0.25) is 10.0 Å². The summed E-state index contributed by atoms with van der Waals surface area (Å²) in [6, 6.07) is 13.7. The number of benzene rings is 2. The van der Waals surface area contributed by atoms with Crippen LogP contribution in [0.3, 0.4) is 0 Å². The molecule has 11 rings (SSSR count). The molecule has 8 fully saturated rings. The molecule has 8 aliphatic heterocycles. The number of nitrogens with zero attached hydrogens (tertiary/aromatic N) is 8. The molecule has 9 heterocycles. The van der Waals surface area contributed by atoms with Crippen molar-refractivity contribution in [2.45, 2.75) is 122 Å². The maximum Gasteiger partial charge on any atom is 0.256 e. The lowest BCUT2D eigenvalue weighted by atomic mass is 9.71. The van der Waals surface area contributed by atoms with Crippen LogP contribution in [0.15, 0.2) is 48.7 Å². The average molecular weight is 1220 g/mol. The van der Waals surface area contributed by atoms with E-state index in [2.05, 4.69) is 72.3 Å². The first-order chi connectivity index (χ1) is 40.6. The molecule has 3 aromatic rings. The maximum atomic E-state index is 13.8. The van der Waals surface area contributed by atoms with Gasteiger partial charge in [0.15, 0.2) is 0 Å². The van der Waals surface area contributed by atoms with E-state index in [1.54, 1.807) is 20.0 Å². The molecule has 2 aromatic carbocycles. The summed E-state index contributed by atoms with van der Waals surface area (Å²) in [5, 5.41) is 11.9. The molecule has 16 nitrogen and oxygen atoms in total. The maximum absolute atomic E-state index is 13.8. The van der Waals surface area contributed by atoms with Gasteiger partial charge >= 0.3 is 0 Å². The summed E-state index contributed by atoms with van der Waals surface area (Å²) in [7, 11) is 0. The number of aromatic nitrogens is 1. The van der Waals surface area contributed by atoms with Crippen LogP contribution < -0.4 is 25.8 Å². The van der Waals surface area contributed by atoms with E-state index >= 15 is 0 Å². The largest absolute Gasteiger partial charge is 0.343 e. The Balaban J connectivity index is 0.000000180. The van der Waals surface area contributed by atoms with Gasteiger partial charge in [0, 0.05) is 204 Å². The molecule has 3 N–H and O–H groups in total. The number of halogens is 2. The Bertz CT molecular complexity index is 2900. The highest BCUT2D eigenvalue weighted by Crippen LogP contribution is 2.52. The fourth-order valence-corrected chi connectivity index (χ4v) is 16.0. The Morgan fingerprint density at radius 3 is 1.24 bits per heavy atom. The second-order valence-electron chi connectivity index (χ2n) is 29.0. The zero-order valence-electron chi connectivity index (χ0n) is 54.0. The van der Waals surface area contributed by atoms with Crippen LogP contribution in [-0.2, 0) is 19.2 Å². The molecule has 4 atom stereocenters. The molecule has 8 aliphatic rings. The summed E-state index contributed by atoms with van der Waals surface area (Å²) >= 11 is 12.9. The van der Waals surface area contributed by atoms with Crippen molar-refractivity contribution in [1.82, 2.24) is 45.4 Å². The van der Waals surface area contributed by atoms with Crippen molar-refractivity contribution < 1.29 is 24.0 Å². The third-order valence-corrected chi connectivity index (χ3v) is 23.3. The molecule has 1 aromatic heterocycles. The first-order valence-corrected chi connectivity index (χ1v) is 32.8. The van der Waals surface area contributed by atoms with Crippen molar-refractivity contribution >= 4 is 64.1 Å². The lowest BCUT2D eigenvalue weighted by molar-refractivity contribution is -0.133. The molecule has 0 aliphatic carbocycles. The Morgan fingerprint density at radius 2 is 0.884 bits per heavy atom. The molecule has 472 valence electrons. The van der Waals surface area contributed by atoms with Gasteiger partial charge < -0.3 is 50.2 Å². The lowest BCUT2D eigenvalue weighted by Gasteiger charge is -2.34. The normalized spacial score (nSPS) is 29.2. The van der Waals surface area contributed by atoms with E-state index in [4.69, 9.17) is 23.2 Å². The van der Waals surface area contributed by atoms with Gasteiger partial charge in [-0.2, -0.15) is 0 Å². The Morgan fingerprint density at radius 1 is 0.512 bits per heavy atom. The molecule has 0 radical (unpaired) electrons. The standard InChI is InChI=1S/C34H46ClN5O3.C26H39ClN4O2.C8H16N2/c1-23-8-9-28(18-29(23)35)40(31(42)27-11-16-38(17-12-27)26(4)41)15-7-14-37-19-33(5)21-39(22-34(33,6)20-37)32(43)30-24(2)10-13-36-25(30)3;1-19-6-7-22(14-23(19)27)31(24(33)21-8-12-30(13-9-21)20(2)32)11-5-10-29-17-25(3)15-28-16-26(25,4)18-29;1-7-3-9-5-8(7,2)6-10-4-7/h8-10,13,18,27H,7,11-12,14-17,19-22H2,1-6H3;6-7,14,21,28H,5,8-13,15-18H2,1-4H3;9-10H,3-6H2,1-2H3/t33-,34+;25-,26+;. The average Bonchev–Trinajstić information content (AvgIpc) is 1.89. The highest BCUT2D eigenvalue weighted by Gasteiger charge is 2.59. The van der Waals surface area contributed by atoms with Crippen molar-refractivity contribution in [3.05, 3.63) is 86.7 Å². The number of hydrogen-bond acceptors (Lipinski definition) is 11. The number of hydrogen-bond donors (Lipinski definition) is 3. The van der Waals surface area contributed by atoms with Gasteiger partial charge in [0.25, 0.3) is 5.91 Å². The van der Waals surface area contributed by atoms with Crippen molar-refractivity contribution in [2.75, 3.05) is 141 Å². The smallest absolute Gasteiger partial charge is 0.256 e. The molecule has 0 bridgehead atoms. The quantitative estimate of drug-likeness (QED) is 0.150. The minimum atomic E-state index is -0.102. The van der Waals surface area contributed by atoms with Crippen molar-refractivity contribution in [3.63, 3.8) is 0 Å². The number of amides is 5. The molecule has 0 spiro atoms. The first-order valence-electron chi connectivity index (χ1n) is 32.0. The monoisotopic (exact) mass is 1220 g/mol. The minimum absolute atomic E-state index is 0.00263. The van der Waals surface area contributed by atoms with E-state index in [1.807, 2.05) is 94.7 Å². The number of anilines is 2. The predicted molar refractivity (Wildman–Crippen MR) is 346 cm³/mol. The van der Waals surface area contributed by atoms with E-state index in [0.29, 0.717) is 83.8 Å². The molecular formula is C68H101Cl2N11O5. The van der Waals surface area contributed by atoms with Crippen LogP contribution in [0.5, 0.6) is 0 Å². The van der Waals surface area contributed by atoms with Gasteiger partial charge in [-0.05, 0) is 126 Å². The zero-order valence-corrected chi connectivity index (χ0v) is 55.5. The van der Waals surface area contributed by atoms with E-state index in [9.17, 15) is 24.0 Å². The number of fused-ring (bicyclic) bond motifs is 3. The van der Waals surface area contributed by atoms with Crippen LogP contribution in [-0.4, -0.2) is 190 Å². The Labute approximate surface area is 524 Å². The molecule has 0 unspecified atom stereocenters. The second kappa shape index (κ2) is 26.4. The summed E-state index contributed by atoms with van der Waals surface area (Å²) < 4.78 is 0. The number of carbonyl (C=O) groups excluding carboxylic acids is 5. The Hall–Kier alpha value is -4.68. The second-order valence-corrected chi connectivity index (χ2v) is 29.8. The van der Waals surface area contributed by atoms with Crippen molar-refractivity contribution in [3.8, 4) is 0 Å². The van der Waals surface area contributed by atoms with Gasteiger partial charge in [-0.15, -0.1) is 0 Å². The van der Waals surface area contributed by atoms with E-state index in [-0.39, 0.29) is 52.2 Å². The fourth-order valence-electron chi connectivity index (χ4n) is 15.7. The van der Waals surface area contributed by atoms with Gasteiger partial charge in [-0.1, -0.05) is 76.9 Å². The Kier molecular flexibility index (Phi) is 20.2. The minimum Gasteiger partial charge on any atom is -0.343 e. The number of piperidine rings is 2. The summed E-state index contributed by atoms with van der Waals surface area (Å²) in [5.41, 5.74) is 7.92. The SMILES string of the molecule is CC(=O)N1CCC(C(=O)N(CCCN2C[C@@]3(C)CN(C(=O)c4c(C)ccnc4C)C[C@@]3(C)C2)c2ccc(C)c(Cl)c2)CC1.CC(=O)N1CCC(C(=O)N(CCCN2C[C@]3(C)CNC[C@]3(C)C2)c2ccc(C)c(Cl)c2)CC1.CC12CNCC1(C)CNC2. The number of rotatable bonds is 13. The van der Waals surface area contributed by atoms with Gasteiger partial charge in [-0.3, -0.25) is 29.0 Å². The van der Waals surface area contributed by atoms with Crippen LogP contribution in [0.1, 0.15) is 127 Å². The lowest BCUT2D eigenvalue weighted by Crippen LogP contribution is -2.44. The molecule has 8 saturated heterocycles. The molecule has 5 amide bonds. The highest BCUT2D eigenvalue weighted by atomic mass is 35.5. The fraction of sp³-hybridized carbons (Fsp3) is 0.676. The number of likely N-dealkylation sites (tertiary alicyclic amines) is 5.